The highest BCUT2D eigenvalue weighted by molar-refractivity contribution is 5.76. The van der Waals surface area contributed by atoms with Gasteiger partial charge in [-0.2, -0.15) is 0 Å². The molecule has 0 spiro atoms. The lowest BCUT2D eigenvalue weighted by atomic mass is 9.99. The number of amides is 1. The lowest BCUT2D eigenvalue weighted by Gasteiger charge is -2.35. The average molecular weight is 449 g/mol. The standard InChI is InChI=1S/C25H42N2O2.C3H8.H2/c1-17(2)27(16-23-12-13-24(29-7)21(6)20(23)5)19(4)14-18(3)26-25(28)15-22-10-8-9-11-22;1-3-2;/h12-13,17-19,22H,8-11,14-16H2,1-7H3,(H,26,28);3H2,1-2H3;1H. The molecule has 0 saturated heterocycles. The van der Waals surface area contributed by atoms with Crippen molar-refractivity contribution in [1.29, 1.82) is 0 Å². The summed E-state index contributed by atoms with van der Waals surface area (Å²) in [5.74, 6) is 1.79. The summed E-state index contributed by atoms with van der Waals surface area (Å²) in [6.07, 6.45) is 7.94. The molecule has 2 atom stereocenters. The number of nitrogens with one attached hydrogen (secondary N) is 1. The zero-order chi connectivity index (χ0) is 24.3. The zero-order valence-electron chi connectivity index (χ0n) is 22.4. The highest BCUT2D eigenvalue weighted by Crippen LogP contribution is 2.28. The molecule has 2 unspecified atom stereocenters. The number of hydrogen-bond acceptors (Lipinski definition) is 3. The maximum atomic E-state index is 12.4. The molecule has 1 aliphatic rings. The second kappa shape index (κ2) is 14.6. The molecule has 1 aromatic carbocycles. The average Bonchev–Trinajstić information content (AvgIpc) is 3.22. The van der Waals surface area contributed by atoms with Crippen molar-refractivity contribution in [3.63, 3.8) is 0 Å². The van der Waals surface area contributed by atoms with Crippen molar-refractivity contribution in [2.75, 3.05) is 7.11 Å². The first-order chi connectivity index (χ1) is 15.1. The first-order valence-electron chi connectivity index (χ1n) is 12.8. The molecule has 4 heteroatoms. The first kappa shape index (κ1) is 28.5. The summed E-state index contributed by atoms with van der Waals surface area (Å²) in [4.78, 5) is 14.9. The Bertz CT molecular complexity index is 687. The molecule has 0 aromatic heterocycles. The summed E-state index contributed by atoms with van der Waals surface area (Å²) in [5.41, 5.74) is 3.87. The van der Waals surface area contributed by atoms with Gasteiger partial charge in [-0.15, -0.1) is 0 Å². The van der Waals surface area contributed by atoms with Crippen LogP contribution in [0.3, 0.4) is 0 Å². The number of benzene rings is 1. The molecule has 0 aliphatic heterocycles. The van der Waals surface area contributed by atoms with Crippen LogP contribution in [0.5, 0.6) is 5.75 Å². The van der Waals surface area contributed by atoms with Gasteiger partial charge in [-0.3, -0.25) is 9.69 Å². The lowest BCUT2D eigenvalue weighted by molar-refractivity contribution is -0.122. The summed E-state index contributed by atoms with van der Waals surface area (Å²) >= 11 is 0. The van der Waals surface area contributed by atoms with Crippen molar-refractivity contribution < 1.29 is 11.0 Å². The van der Waals surface area contributed by atoms with E-state index in [1.54, 1.807) is 7.11 Å². The number of hydrogen-bond donors (Lipinski definition) is 1. The van der Waals surface area contributed by atoms with Gasteiger partial charge < -0.3 is 10.1 Å². The number of nitrogens with zero attached hydrogens (tertiary/aromatic N) is 1. The maximum absolute atomic E-state index is 12.4. The monoisotopic (exact) mass is 448 g/mol. The summed E-state index contributed by atoms with van der Waals surface area (Å²) in [5, 5.41) is 3.25. The van der Waals surface area contributed by atoms with Gasteiger partial charge in [0.1, 0.15) is 5.75 Å². The fourth-order valence-corrected chi connectivity index (χ4v) is 4.80. The van der Waals surface area contributed by atoms with Crippen LogP contribution in [0.15, 0.2) is 12.1 Å². The molecule has 1 saturated carbocycles. The van der Waals surface area contributed by atoms with Crippen molar-refractivity contribution in [3.8, 4) is 5.75 Å². The molecule has 0 heterocycles. The molecular weight excluding hydrogens is 396 g/mol. The van der Waals surface area contributed by atoms with Crippen molar-refractivity contribution in [2.45, 2.75) is 125 Å². The van der Waals surface area contributed by atoms with Crippen LogP contribution in [0.4, 0.5) is 0 Å². The van der Waals surface area contributed by atoms with Gasteiger partial charge >= 0.3 is 0 Å². The van der Waals surface area contributed by atoms with E-state index < -0.39 is 0 Å². The maximum Gasteiger partial charge on any atom is 0.220 e. The van der Waals surface area contributed by atoms with Crippen LogP contribution < -0.4 is 10.1 Å². The minimum atomic E-state index is 0. The molecule has 0 bridgehead atoms. The van der Waals surface area contributed by atoms with Crippen molar-refractivity contribution >= 4 is 5.91 Å². The Labute approximate surface area is 200 Å². The quantitative estimate of drug-likeness (QED) is 0.417. The van der Waals surface area contributed by atoms with Gasteiger partial charge in [0.15, 0.2) is 0 Å². The first-order valence-corrected chi connectivity index (χ1v) is 12.8. The largest absolute Gasteiger partial charge is 0.496 e. The van der Waals surface area contributed by atoms with E-state index in [-0.39, 0.29) is 13.4 Å². The Balaban J connectivity index is 0.00000242. The minimum Gasteiger partial charge on any atom is -0.496 e. The summed E-state index contributed by atoms with van der Waals surface area (Å²) in [7, 11) is 1.73. The van der Waals surface area contributed by atoms with Crippen LogP contribution in [0.1, 0.15) is 105 Å². The van der Waals surface area contributed by atoms with Crippen LogP contribution in [0.2, 0.25) is 0 Å². The molecule has 1 aromatic rings. The Hall–Kier alpha value is -1.55. The fourth-order valence-electron chi connectivity index (χ4n) is 4.80. The summed E-state index contributed by atoms with van der Waals surface area (Å²) in [6, 6.07) is 5.29. The molecule has 2 rings (SSSR count). The number of carbonyl (C=O) groups excluding carboxylic acids is 1. The predicted octanol–water partition coefficient (Wildman–Crippen LogP) is 7.05. The van der Waals surface area contributed by atoms with E-state index in [1.165, 1.54) is 48.8 Å². The Morgan fingerprint density at radius 2 is 1.72 bits per heavy atom. The van der Waals surface area contributed by atoms with Crippen molar-refractivity contribution in [1.82, 2.24) is 10.2 Å². The Kier molecular flexibility index (Phi) is 13.0. The third kappa shape index (κ3) is 9.13. The third-order valence-electron chi connectivity index (χ3n) is 6.70. The molecule has 186 valence electrons. The SMILES string of the molecule is CCC.COc1ccc(CN(C(C)C)C(C)CC(C)NC(=O)CC2CCCC2)c(C)c1C.[HH]. The van der Waals surface area contributed by atoms with E-state index in [4.69, 9.17) is 4.74 Å². The van der Waals surface area contributed by atoms with E-state index in [1.807, 2.05) is 0 Å². The van der Waals surface area contributed by atoms with Gasteiger partial charge in [0.2, 0.25) is 5.91 Å². The van der Waals surface area contributed by atoms with Gasteiger partial charge in [0, 0.05) is 32.5 Å². The van der Waals surface area contributed by atoms with E-state index in [0.717, 1.165) is 18.7 Å². The van der Waals surface area contributed by atoms with Gasteiger partial charge in [-0.25, -0.2) is 0 Å². The van der Waals surface area contributed by atoms with Gasteiger partial charge in [-0.05, 0) is 89.5 Å². The van der Waals surface area contributed by atoms with E-state index in [0.29, 0.717) is 24.4 Å². The van der Waals surface area contributed by atoms with Crippen molar-refractivity contribution in [3.05, 3.63) is 28.8 Å². The van der Waals surface area contributed by atoms with Crippen LogP contribution >= 0.6 is 0 Å². The Morgan fingerprint density at radius 1 is 1.12 bits per heavy atom. The van der Waals surface area contributed by atoms with Gasteiger partial charge in [0.25, 0.3) is 0 Å². The molecule has 1 fully saturated rings. The second-order valence-electron chi connectivity index (χ2n) is 10.1. The minimum absolute atomic E-state index is 0. The van der Waals surface area contributed by atoms with Crippen molar-refractivity contribution in [2.24, 2.45) is 5.92 Å². The molecule has 32 heavy (non-hydrogen) atoms. The number of carbonyl (C=O) groups is 1. The predicted molar refractivity (Wildman–Crippen MR) is 139 cm³/mol. The van der Waals surface area contributed by atoms with Crippen LogP contribution in [0, 0.1) is 19.8 Å². The molecule has 0 radical (unpaired) electrons. The smallest absolute Gasteiger partial charge is 0.220 e. The van der Waals surface area contributed by atoms with Gasteiger partial charge in [-0.1, -0.05) is 39.2 Å². The highest BCUT2D eigenvalue weighted by atomic mass is 16.5. The Morgan fingerprint density at radius 3 is 2.25 bits per heavy atom. The third-order valence-corrected chi connectivity index (χ3v) is 6.70. The fraction of sp³-hybridized carbons (Fsp3) is 0.750. The zero-order valence-corrected chi connectivity index (χ0v) is 22.4. The lowest BCUT2D eigenvalue weighted by Crippen LogP contribution is -2.43. The topological polar surface area (TPSA) is 41.6 Å². The van der Waals surface area contributed by atoms with Gasteiger partial charge in [0.05, 0.1) is 7.11 Å². The molecule has 4 nitrogen and oxygen atoms in total. The van der Waals surface area contributed by atoms with Crippen LogP contribution in [-0.4, -0.2) is 36.0 Å². The van der Waals surface area contributed by atoms with Crippen LogP contribution in [0.25, 0.3) is 0 Å². The van der Waals surface area contributed by atoms with E-state index in [2.05, 4.69) is 77.7 Å². The number of methoxy groups -OCH3 is 1. The normalized spacial score (nSPS) is 16.0. The molecular formula is C28H52N2O2. The van der Waals surface area contributed by atoms with E-state index in [9.17, 15) is 4.79 Å². The second-order valence-corrected chi connectivity index (χ2v) is 10.1. The molecule has 1 N–H and O–H groups in total. The number of rotatable bonds is 10. The highest BCUT2D eigenvalue weighted by Gasteiger charge is 2.23. The summed E-state index contributed by atoms with van der Waals surface area (Å²) < 4.78 is 5.46. The summed E-state index contributed by atoms with van der Waals surface area (Å²) in [6.45, 7) is 18.4. The number of ether oxygens (including phenoxy) is 1. The molecule has 1 amide bonds. The van der Waals surface area contributed by atoms with Crippen LogP contribution in [-0.2, 0) is 11.3 Å². The molecule has 1 aliphatic carbocycles. The van der Waals surface area contributed by atoms with E-state index >= 15 is 0 Å².